The Hall–Kier alpha value is -2.08. The Morgan fingerprint density at radius 3 is 2.17 bits per heavy atom. The van der Waals surface area contributed by atoms with E-state index in [0.29, 0.717) is 12.8 Å². The van der Waals surface area contributed by atoms with E-state index in [1.165, 1.54) is 5.56 Å². The van der Waals surface area contributed by atoms with E-state index in [-0.39, 0.29) is 57.1 Å². The van der Waals surface area contributed by atoms with Gasteiger partial charge in [0, 0.05) is 18.4 Å². The molecule has 14 atom stereocenters. The number of aliphatic hydroxyl groups is 7. The zero-order chi connectivity index (χ0) is 35.2. The van der Waals surface area contributed by atoms with E-state index in [2.05, 4.69) is 12.2 Å². The number of aliphatic hydroxyl groups excluding tert-OH is 7. The van der Waals surface area contributed by atoms with Crippen LogP contribution in [-0.4, -0.2) is 141 Å². The first-order chi connectivity index (χ1) is 22.7. The number of ether oxygens (including phenoxy) is 4. The fourth-order valence-corrected chi connectivity index (χ4v) is 6.73. The molecule has 0 aromatic heterocycles. The van der Waals surface area contributed by atoms with E-state index < -0.39 is 84.8 Å². The second-order valence-corrected chi connectivity index (χ2v) is 13.7. The van der Waals surface area contributed by atoms with E-state index in [1.54, 1.807) is 0 Å². The molecule has 2 aliphatic heterocycles. The van der Waals surface area contributed by atoms with Crippen LogP contribution in [-0.2, 0) is 28.5 Å². The van der Waals surface area contributed by atoms with E-state index in [4.69, 9.17) is 18.9 Å². The number of benzene rings is 1. The highest BCUT2D eigenvalue weighted by molar-refractivity contribution is 5.85. The molecule has 272 valence electrons. The molecule has 14 nitrogen and oxygen atoms in total. The van der Waals surface area contributed by atoms with Crippen LogP contribution in [0, 0.1) is 5.41 Å². The molecule has 0 bridgehead atoms. The van der Waals surface area contributed by atoms with Gasteiger partial charge in [0.25, 0.3) is 0 Å². The van der Waals surface area contributed by atoms with Gasteiger partial charge in [-0.1, -0.05) is 51.1 Å². The number of rotatable bonds is 14. The average Bonchev–Trinajstić information content (AvgIpc) is 3.07. The number of carbonyl (C=O) groups is 2. The lowest BCUT2D eigenvalue weighted by atomic mass is 9.73. The summed E-state index contributed by atoms with van der Waals surface area (Å²) in [6.07, 6.45) is -14.1. The van der Waals surface area contributed by atoms with Crippen molar-refractivity contribution in [2.75, 3.05) is 19.8 Å². The lowest BCUT2D eigenvalue weighted by Crippen LogP contribution is -2.61. The molecule has 2 saturated heterocycles. The average molecular weight is 684 g/mol. The van der Waals surface area contributed by atoms with Gasteiger partial charge >= 0.3 is 0 Å². The summed E-state index contributed by atoms with van der Waals surface area (Å²) in [6.45, 7) is 5.65. The first-order valence-corrected chi connectivity index (χ1v) is 16.9. The van der Waals surface area contributed by atoms with Gasteiger partial charge in [0.2, 0.25) is 5.91 Å². The third kappa shape index (κ3) is 9.37. The monoisotopic (exact) mass is 683 g/mol. The lowest BCUT2D eigenvalue weighted by Gasteiger charge is -2.44. The minimum absolute atomic E-state index is 0.0535. The van der Waals surface area contributed by atoms with Crippen molar-refractivity contribution >= 4 is 11.7 Å². The molecule has 1 aromatic rings. The second kappa shape index (κ2) is 17.2. The molecule has 4 rings (SSSR count). The molecule has 1 aromatic carbocycles. The molecule has 14 heteroatoms. The molecule has 48 heavy (non-hydrogen) atoms. The van der Waals surface area contributed by atoms with Gasteiger partial charge in [0.05, 0.1) is 37.9 Å². The van der Waals surface area contributed by atoms with Crippen LogP contribution in [0.5, 0.6) is 0 Å². The zero-order valence-corrected chi connectivity index (χ0v) is 27.8. The molecule has 1 saturated carbocycles. The van der Waals surface area contributed by atoms with E-state index in [1.807, 2.05) is 44.2 Å². The first-order valence-electron chi connectivity index (χ1n) is 16.9. The van der Waals surface area contributed by atoms with Crippen LogP contribution in [0.1, 0.15) is 70.8 Å². The molecule has 3 fully saturated rings. The van der Waals surface area contributed by atoms with Crippen molar-refractivity contribution in [3.63, 3.8) is 0 Å². The highest BCUT2D eigenvalue weighted by Crippen LogP contribution is 2.36. The van der Waals surface area contributed by atoms with Crippen molar-refractivity contribution in [2.45, 2.75) is 139 Å². The number of carbonyl (C=O) groups excluding carboxylic acids is 2. The Morgan fingerprint density at radius 2 is 1.48 bits per heavy atom. The van der Waals surface area contributed by atoms with Gasteiger partial charge in [0.15, 0.2) is 6.29 Å². The highest BCUT2D eigenvalue weighted by atomic mass is 16.7. The second-order valence-electron chi connectivity index (χ2n) is 13.7. The molecule has 1 aliphatic carbocycles. The fourth-order valence-electron chi connectivity index (χ4n) is 6.73. The minimum atomic E-state index is -1.63. The van der Waals surface area contributed by atoms with Crippen LogP contribution < -0.4 is 5.32 Å². The Labute approximate surface area is 281 Å². The van der Waals surface area contributed by atoms with Gasteiger partial charge in [-0.15, -0.1) is 0 Å². The van der Waals surface area contributed by atoms with Crippen LogP contribution in [0.15, 0.2) is 30.3 Å². The van der Waals surface area contributed by atoms with Crippen molar-refractivity contribution in [3.05, 3.63) is 35.9 Å². The molecule has 8 N–H and O–H groups in total. The lowest BCUT2D eigenvalue weighted by molar-refractivity contribution is -0.319. The van der Waals surface area contributed by atoms with Crippen LogP contribution >= 0.6 is 0 Å². The van der Waals surface area contributed by atoms with E-state index in [9.17, 15) is 45.3 Å². The zero-order valence-electron chi connectivity index (χ0n) is 27.8. The van der Waals surface area contributed by atoms with Gasteiger partial charge in [-0.3, -0.25) is 9.59 Å². The Morgan fingerprint density at radius 1 is 0.854 bits per heavy atom. The molecule has 2 heterocycles. The number of amides is 1. The molecular weight excluding hydrogens is 630 g/mol. The van der Waals surface area contributed by atoms with Crippen molar-refractivity contribution in [2.24, 2.45) is 5.41 Å². The number of ketones is 1. The van der Waals surface area contributed by atoms with Crippen molar-refractivity contribution in [3.8, 4) is 0 Å². The summed E-state index contributed by atoms with van der Waals surface area (Å²) in [5.74, 6) is -0.214. The maximum atomic E-state index is 13.2. The molecule has 1 amide bonds. The molecule has 3 aliphatic rings. The molecular formula is C34H53NO13. The van der Waals surface area contributed by atoms with Crippen LogP contribution in [0.25, 0.3) is 0 Å². The van der Waals surface area contributed by atoms with Crippen LogP contribution in [0.3, 0.4) is 0 Å². The summed E-state index contributed by atoms with van der Waals surface area (Å²) < 4.78 is 22.5. The van der Waals surface area contributed by atoms with Crippen molar-refractivity contribution in [1.29, 1.82) is 0 Å². The standard InChI is InChI=1S/C34H53NO13/c1-4-34(3,15-18(2)19-8-6-5-7-9-19)25(37)12-13-35-26(38)14-22-29(41)30(42)24(16-45-22)48-33-32(44)31(43)23(17-46-33)47-21-11-10-20(36)27(39)28(21)40/h5-9,18,20-24,27-33,36,39-44H,4,10-17H2,1-3H3,(H,35,38). The summed E-state index contributed by atoms with van der Waals surface area (Å²) in [5.41, 5.74) is 0.617. The maximum Gasteiger partial charge on any atom is 0.222 e. The van der Waals surface area contributed by atoms with Crippen LogP contribution in [0.2, 0.25) is 0 Å². The van der Waals surface area contributed by atoms with Gasteiger partial charge in [-0.2, -0.15) is 0 Å². The SMILES string of the molecule is CCC(C)(CC(C)c1ccccc1)C(=O)CCNC(=O)CC1OCC(OC2OCC(OC3CCC(O)C(O)C3O)C(O)C2O)C(O)C1O. The Kier molecular flexibility index (Phi) is 13.9. The molecule has 0 radical (unpaired) electrons. The van der Waals surface area contributed by atoms with Crippen molar-refractivity contribution in [1.82, 2.24) is 5.32 Å². The van der Waals surface area contributed by atoms with E-state index >= 15 is 0 Å². The summed E-state index contributed by atoms with van der Waals surface area (Å²) >= 11 is 0. The molecule has 14 unspecified atom stereocenters. The third-order valence-electron chi connectivity index (χ3n) is 10.2. The highest BCUT2D eigenvalue weighted by Gasteiger charge is 2.47. The predicted octanol–water partition coefficient (Wildman–Crippen LogP) is -0.724. The normalized spacial score (nSPS) is 37.7. The maximum absolute atomic E-state index is 13.2. The van der Waals surface area contributed by atoms with Gasteiger partial charge in [0.1, 0.15) is 54.6 Å². The number of nitrogens with one attached hydrogen (secondary N) is 1. The predicted molar refractivity (Wildman–Crippen MR) is 169 cm³/mol. The Balaban J connectivity index is 1.19. The van der Waals surface area contributed by atoms with E-state index in [0.717, 1.165) is 0 Å². The fraction of sp³-hybridized carbons (Fsp3) is 0.765. The smallest absolute Gasteiger partial charge is 0.222 e. The van der Waals surface area contributed by atoms with Crippen molar-refractivity contribution < 1.29 is 64.3 Å². The van der Waals surface area contributed by atoms with Gasteiger partial charge in [-0.25, -0.2) is 0 Å². The summed E-state index contributed by atoms with van der Waals surface area (Å²) in [6, 6.07) is 10.0. The van der Waals surface area contributed by atoms with Gasteiger partial charge < -0.3 is 60.0 Å². The quantitative estimate of drug-likeness (QED) is 0.121. The summed E-state index contributed by atoms with van der Waals surface area (Å²) in [4.78, 5) is 25.8. The third-order valence-corrected chi connectivity index (χ3v) is 10.2. The number of hydrogen-bond donors (Lipinski definition) is 8. The number of hydrogen-bond acceptors (Lipinski definition) is 13. The first kappa shape index (κ1) is 38.7. The topological polar surface area (TPSA) is 225 Å². The Bertz CT molecular complexity index is 1170. The number of Topliss-reactive ketones (excluding diaryl/α,β-unsaturated/α-hetero) is 1. The molecule has 0 spiro atoms. The summed E-state index contributed by atoms with van der Waals surface area (Å²) in [5, 5.41) is 75.3. The minimum Gasteiger partial charge on any atom is -0.390 e. The largest absolute Gasteiger partial charge is 0.390 e. The summed E-state index contributed by atoms with van der Waals surface area (Å²) in [7, 11) is 0. The van der Waals surface area contributed by atoms with Gasteiger partial charge in [-0.05, 0) is 37.2 Å². The van der Waals surface area contributed by atoms with Crippen LogP contribution in [0.4, 0.5) is 0 Å².